The number of carbonyl (C=O) groups excluding carboxylic acids is 8. The summed E-state index contributed by atoms with van der Waals surface area (Å²) < 4.78 is 0. The van der Waals surface area contributed by atoms with Gasteiger partial charge in [0.2, 0.25) is 29.5 Å². The average Bonchev–Trinajstić information content (AvgIpc) is 3.15. The van der Waals surface area contributed by atoms with Crippen LogP contribution in [0.2, 0.25) is 0 Å². The second-order valence-electron chi connectivity index (χ2n) is 16.3. The maximum absolute atomic E-state index is 13.8. The van der Waals surface area contributed by atoms with Crippen molar-refractivity contribution >= 4 is 58.8 Å². The highest BCUT2D eigenvalue weighted by Crippen LogP contribution is 2.21. The molecule has 0 saturated carbocycles. The van der Waals surface area contributed by atoms with E-state index in [2.05, 4.69) is 25.9 Å². The van der Waals surface area contributed by atoms with Gasteiger partial charge in [-0.15, -0.1) is 0 Å². The van der Waals surface area contributed by atoms with Crippen molar-refractivity contribution in [1.29, 1.82) is 0 Å². The summed E-state index contributed by atoms with van der Waals surface area (Å²) in [4.78, 5) is 113. The first-order valence-corrected chi connectivity index (χ1v) is 20.9. The third-order valence-corrected chi connectivity index (χ3v) is 10.2. The number of guanidine groups is 2. The van der Waals surface area contributed by atoms with Crippen LogP contribution in [0.4, 0.5) is 0 Å². The molecule has 0 aliphatic heterocycles. The summed E-state index contributed by atoms with van der Waals surface area (Å²) in [5.74, 6) is -8.34. The molecule has 0 aliphatic carbocycles. The Morgan fingerprint density at radius 3 is 1.50 bits per heavy atom. The summed E-state index contributed by atoms with van der Waals surface area (Å²) in [6.45, 7) is 11.0. The van der Waals surface area contributed by atoms with E-state index in [4.69, 9.17) is 40.1 Å². The number of unbranched alkanes of at least 4 members (excludes halogenated alkanes) is 1. The zero-order chi connectivity index (χ0) is 46.1. The molecular formula is C40H74N12O8. The van der Waals surface area contributed by atoms with Gasteiger partial charge in [0.1, 0.15) is 11.8 Å². The number of hydrogen-bond donors (Lipinski definition) is 10. The minimum atomic E-state index is -1.03. The molecule has 5 amide bonds. The Morgan fingerprint density at radius 1 is 0.500 bits per heavy atom. The summed E-state index contributed by atoms with van der Waals surface area (Å²) in [7, 11) is 0. The van der Waals surface area contributed by atoms with Crippen LogP contribution in [0, 0.1) is 35.5 Å². The highest BCUT2D eigenvalue weighted by Gasteiger charge is 2.34. The van der Waals surface area contributed by atoms with Crippen LogP contribution in [0.5, 0.6) is 0 Å². The smallest absolute Gasteiger partial charge is 0.240 e. The van der Waals surface area contributed by atoms with Crippen molar-refractivity contribution in [2.75, 3.05) is 19.6 Å². The van der Waals surface area contributed by atoms with E-state index in [0.29, 0.717) is 45.2 Å². The van der Waals surface area contributed by atoms with Crippen LogP contribution in [0.3, 0.4) is 0 Å². The lowest BCUT2D eigenvalue weighted by Gasteiger charge is -2.27. The van der Waals surface area contributed by atoms with Crippen LogP contribution in [-0.2, 0) is 38.4 Å². The van der Waals surface area contributed by atoms with Crippen molar-refractivity contribution in [3.05, 3.63) is 0 Å². The standard InChI is InChI=1S/C40H74N12O8/c1-22(2)33(31(55)21-26(12-10-18-49-40(46)47)38(60)52-34(23(3)4)35(43)57)51-36(58)25(6)19-30(54)28(13-7-8-16-41)50-37(59)27(14-15-32(42)56)20-29(53)24(5)11-9-17-48-39(44)45/h22-28,33-34H,7-21,41H2,1-6H3,(H2,42,56)(H2,43,57)(H,50,59)(H,51,58)(H,52,60)(H4,44,45,48)(H4,46,47,49)/t24-,25+,26+,27+,28-,33-,34-/m0/s1. The lowest BCUT2D eigenvalue weighted by atomic mass is 9.88. The van der Waals surface area contributed by atoms with Crippen LogP contribution < -0.4 is 56.1 Å². The molecule has 342 valence electrons. The van der Waals surface area contributed by atoms with Gasteiger partial charge in [-0.1, -0.05) is 41.5 Å². The second-order valence-corrected chi connectivity index (χ2v) is 16.3. The molecule has 0 bridgehead atoms. The Bertz CT molecular complexity index is 1490. The van der Waals surface area contributed by atoms with Crippen LogP contribution in [0.25, 0.3) is 0 Å². The predicted molar refractivity (Wildman–Crippen MR) is 230 cm³/mol. The first kappa shape index (κ1) is 54.9. The molecule has 20 nitrogen and oxygen atoms in total. The summed E-state index contributed by atoms with van der Waals surface area (Å²) in [5, 5.41) is 8.16. The van der Waals surface area contributed by atoms with Crippen molar-refractivity contribution in [2.24, 2.45) is 85.6 Å². The van der Waals surface area contributed by atoms with Crippen molar-refractivity contribution in [3.63, 3.8) is 0 Å². The number of amides is 5. The molecule has 0 aromatic rings. The summed E-state index contributed by atoms with van der Waals surface area (Å²) in [5.41, 5.74) is 38.1. The molecule has 17 N–H and O–H groups in total. The molecule has 7 atom stereocenters. The molecule has 0 aromatic heterocycles. The Hall–Kier alpha value is -5.14. The van der Waals surface area contributed by atoms with Gasteiger partial charge < -0.3 is 56.1 Å². The first-order chi connectivity index (χ1) is 28.0. The number of nitrogens with one attached hydrogen (secondary N) is 3. The van der Waals surface area contributed by atoms with Gasteiger partial charge in [-0.25, -0.2) is 0 Å². The fourth-order valence-electron chi connectivity index (χ4n) is 6.48. The topological polar surface area (TPSA) is 380 Å². The molecule has 0 spiro atoms. The second kappa shape index (κ2) is 29.1. The molecule has 20 heteroatoms. The zero-order valence-electron chi connectivity index (χ0n) is 36.5. The minimum Gasteiger partial charge on any atom is -0.370 e. The van der Waals surface area contributed by atoms with Crippen molar-refractivity contribution in [1.82, 2.24) is 16.0 Å². The van der Waals surface area contributed by atoms with E-state index in [1.165, 1.54) is 6.92 Å². The molecule has 0 radical (unpaired) electrons. The molecule has 0 unspecified atom stereocenters. The SMILES string of the molecule is CC(C)[C@H](NC(=O)[C@H](CCCN=C(N)N)CC(=O)[C@@H](NC(=O)[C@H](C)CC(=O)[C@H](CCCCN)NC(=O)[C@H](CCC(N)=O)CC(=O)[C@@H](C)CCCN=C(N)N)C(C)C)C(N)=O. The molecule has 0 aliphatic rings. The minimum absolute atomic E-state index is 0.0109. The number of primary amides is 2. The van der Waals surface area contributed by atoms with Gasteiger partial charge in [0.25, 0.3) is 0 Å². The summed E-state index contributed by atoms with van der Waals surface area (Å²) in [6.07, 6.45) is 1.86. The van der Waals surface area contributed by atoms with E-state index in [0.717, 1.165) is 0 Å². The number of Topliss-reactive ketones (excluding diaryl/α,β-unsaturated/α-hetero) is 3. The van der Waals surface area contributed by atoms with Crippen LogP contribution in [0.15, 0.2) is 9.98 Å². The fourth-order valence-corrected chi connectivity index (χ4v) is 6.48. The Balaban J connectivity index is 6.05. The monoisotopic (exact) mass is 851 g/mol. The lowest BCUT2D eigenvalue weighted by Crippen LogP contribution is -2.51. The fraction of sp³-hybridized carbons (Fsp3) is 0.750. The van der Waals surface area contributed by atoms with Gasteiger partial charge >= 0.3 is 0 Å². The third-order valence-electron chi connectivity index (χ3n) is 10.2. The van der Waals surface area contributed by atoms with Crippen molar-refractivity contribution in [2.45, 2.75) is 137 Å². The van der Waals surface area contributed by atoms with Crippen LogP contribution >= 0.6 is 0 Å². The van der Waals surface area contributed by atoms with Gasteiger partial charge in [-0.05, 0) is 69.7 Å². The molecule has 60 heavy (non-hydrogen) atoms. The van der Waals surface area contributed by atoms with Crippen molar-refractivity contribution in [3.8, 4) is 0 Å². The maximum Gasteiger partial charge on any atom is 0.240 e. The quantitative estimate of drug-likeness (QED) is 0.0218. The van der Waals surface area contributed by atoms with Gasteiger partial charge in [0, 0.05) is 62.4 Å². The molecule has 0 saturated heterocycles. The van der Waals surface area contributed by atoms with Gasteiger partial charge in [-0.3, -0.25) is 48.3 Å². The number of hydrogen-bond acceptors (Lipinski definition) is 11. The van der Waals surface area contributed by atoms with Crippen molar-refractivity contribution < 1.29 is 38.4 Å². The van der Waals surface area contributed by atoms with Crippen LogP contribution in [0.1, 0.15) is 119 Å². The third kappa shape index (κ3) is 22.9. The van der Waals surface area contributed by atoms with Gasteiger partial charge in [0.15, 0.2) is 23.5 Å². The molecule has 0 rings (SSSR count). The normalized spacial score (nSPS) is 14.7. The number of carbonyl (C=O) groups is 8. The number of rotatable bonds is 33. The summed E-state index contributed by atoms with van der Waals surface area (Å²) in [6, 6.07) is -3.03. The first-order valence-electron chi connectivity index (χ1n) is 20.9. The van der Waals surface area contributed by atoms with E-state index >= 15 is 0 Å². The highest BCUT2D eigenvalue weighted by molar-refractivity contribution is 5.97. The molecule has 0 aromatic carbocycles. The van der Waals surface area contributed by atoms with Gasteiger partial charge in [0.05, 0.1) is 12.1 Å². The van der Waals surface area contributed by atoms with E-state index in [1.807, 2.05) is 0 Å². The number of aliphatic imine (C=N–C) groups is 2. The van der Waals surface area contributed by atoms with E-state index in [-0.39, 0.29) is 75.1 Å². The molecule has 0 fully saturated rings. The average molecular weight is 851 g/mol. The van der Waals surface area contributed by atoms with E-state index in [9.17, 15) is 38.4 Å². The van der Waals surface area contributed by atoms with E-state index < -0.39 is 88.8 Å². The maximum atomic E-state index is 13.8. The summed E-state index contributed by atoms with van der Waals surface area (Å²) >= 11 is 0. The highest BCUT2D eigenvalue weighted by atomic mass is 16.2. The Kier molecular flexibility index (Phi) is 26.6. The van der Waals surface area contributed by atoms with E-state index in [1.54, 1.807) is 34.6 Å². The number of nitrogens with zero attached hydrogens (tertiary/aromatic N) is 2. The Labute approximate surface area is 354 Å². The zero-order valence-corrected chi connectivity index (χ0v) is 36.5. The van der Waals surface area contributed by atoms with Gasteiger partial charge in [-0.2, -0.15) is 0 Å². The largest absolute Gasteiger partial charge is 0.370 e. The number of nitrogens with two attached hydrogens (primary N) is 7. The molecule has 0 heterocycles. The number of ketones is 3. The molecular weight excluding hydrogens is 777 g/mol. The predicted octanol–water partition coefficient (Wildman–Crippen LogP) is -0.878. The lowest BCUT2D eigenvalue weighted by molar-refractivity contribution is -0.136. The Morgan fingerprint density at radius 2 is 1.00 bits per heavy atom. The van der Waals surface area contributed by atoms with Crippen LogP contribution in [-0.4, -0.2) is 96.6 Å².